The van der Waals surface area contributed by atoms with Crippen LogP contribution in [0.3, 0.4) is 0 Å². The average Bonchev–Trinajstić information content (AvgIpc) is 2.46. The third-order valence-corrected chi connectivity index (χ3v) is 2.06. The molecule has 0 radical (unpaired) electrons. The Kier molecular flexibility index (Phi) is 1.80. The minimum Gasteiger partial charge on any atom is -0.293 e. The van der Waals surface area contributed by atoms with Crippen molar-refractivity contribution in [3.63, 3.8) is 0 Å². The van der Waals surface area contributed by atoms with Crippen LogP contribution in [0.25, 0.3) is 5.65 Å². The van der Waals surface area contributed by atoms with E-state index in [1.807, 2.05) is 19.9 Å². The van der Waals surface area contributed by atoms with Crippen molar-refractivity contribution in [3.8, 4) is 0 Å². The quantitative estimate of drug-likeness (QED) is 0.628. The van der Waals surface area contributed by atoms with E-state index >= 15 is 0 Å². The van der Waals surface area contributed by atoms with E-state index in [9.17, 15) is 4.79 Å². The molecule has 0 unspecified atom stereocenters. The van der Waals surface area contributed by atoms with Gasteiger partial charge in [-0.05, 0) is 13.8 Å². The lowest BCUT2D eigenvalue weighted by Crippen LogP contribution is -2.08. The first-order valence-electron chi connectivity index (χ1n) is 4.30. The molecule has 0 amide bonds. The van der Waals surface area contributed by atoms with Gasteiger partial charge in [0, 0.05) is 13.0 Å². The Morgan fingerprint density at radius 3 is 2.71 bits per heavy atom. The number of carbonyl (C=O) groups is 1. The van der Waals surface area contributed by atoms with Crippen LogP contribution in [0, 0.1) is 13.8 Å². The lowest BCUT2D eigenvalue weighted by molar-refractivity contribution is 0.101. The van der Waals surface area contributed by atoms with Gasteiger partial charge in [-0.2, -0.15) is 5.10 Å². The van der Waals surface area contributed by atoms with E-state index in [0.717, 1.165) is 11.4 Å². The van der Waals surface area contributed by atoms with Crippen LogP contribution in [0.4, 0.5) is 0 Å². The fourth-order valence-corrected chi connectivity index (χ4v) is 1.40. The molecule has 72 valence electrons. The molecule has 0 fully saturated rings. The van der Waals surface area contributed by atoms with Crippen molar-refractivity contribution in [2.24, 2.45) is 0 Å². The second kappa shape index (κ2) is 2.87. The maximum atomic E-state index is 11.2. The predicted octanol–water partition coefficient (Wildman–Crippen LogP) is 0.944. The smallest absolute Gasteiger partial charge is 0.181 e. The molecule has 0 N–H and O–H groups in total. The van der Waals surface area contributed by atoms with Crippen LogP contribution in [0.1, 0.15) is 28.8 Å². The molecule has 0 saturated heterocycles. The Morgan fingerprint density at radius 2 is 2.07 bits per heavy atom. The Morgan fingerprint density at radius 1 is 1.36 bits per heavy atom. The van der Waals surface area contributed by atoms with Gasteiger partial charge in [-0.1, -0.05) is 0 Å². The van der Waals surface area contributed by atoms with Crippen molar-refractivity contribution in [2.45, 2.75) is 20.8 Å². The van der Waals surface area contributed by atoms with E-state index < -0.39 is 0 Å². The Labute approximate surface area is 80.8 Å². The van der Waals surface area contributed by atoms with E-state index in [0.29, 0.717) is 11.3 Å². The van der Waals surface area contributed by atoms with E-state index in [1.165, 1.54) is 6.92 Å². The van der Waals surface area contributed by atoms with E-state index in [1.54, 1.807) is 4.52 Å². The molecule has 0 aliphatic heterocycles. The molecule has 2 rings (SSSR count). The van der Waals surface area contributed by atoms with E-state index in [4.69, 9.17) is 0 Å². The maximum Gasteiger partial charge on any atom is 0.181 e. The Bertz CT molecular complexity index is 515. The first kappa shape index (κ1) is 8.80. The fourth-order valence-electron chi connectivity index (χ4n) is 1.40. The number of carbonyl (C=O) groups excluding carboxylic acids is 1. The van der Waals surface area contributed by atoms with Gasteiger partial charge in [0.25, 0.3) is 0 Å². The average molecular weight is 190 g/mol. The molecule has 2 heterocycles. The molecule has 0 aliphatic rings. The Balaban J connectivity index is 2.80. The van der Waals surface area contributed by atoms with Crippen molar-refractivity contribution in [1.29, 1.82) is 0 Å². The van der Waals surface area contributed by atoms with E-state index in [-0.39, 0.29) is 5.78 Å². The number of hydrogen-bond donors (Lipinski definition) is 0. The molecule has 5 nitrogen and oxygen atoms in total. The van der Waals surface area contributed by atoms with Gasteiger partial charge in [0.15, 0.2) is 11.4 Å². The summed E-state index contributed by atoms with van der Waals surface area (Å²) in [7, 11) is 0. The molecule has 0 aromatic carbocycles. The topological polar surface area (TPSA) is 60.2 Å². The van der Waals surface area contributed by atoms with Gasteiger partial charge < -0.3 is 0 Å². The molecule has 0 saturated carbocycles. The van der Waals surface area contributed by atoms with Gasteiger partial charge in [0.05, 0.1) is 11.4 Å². The summed E-state index contributed by atoms with van der Waals surface area (Å²) in [5.41, 5.74) is 2.64. The number of Topliss-reactive ketones (excluding diaryl/α,β-unsaturated/α-hetero) is 1. The van der Waals surface area contributed by atoms with Crippen LogP contribution in [0.15, 0.2) is 6.07 Å². The summed E-state index contributed by atoms with van der Waals surface area (Å²) in [5.74, 6) is -0.0925. The van der Waals surface area contributed by atoms with Crippen molar-refractivity contribution in [2.75, 3.05) is 0 Å². The summed E-state index contributed by atoms with van der Waals surface area (Å²) in [6, 6.07) is 1.82. The van der Waals surface area contributed by atoms with Crippen molar-refractivity contribution in [3.05, 3.63) is 23.1 Å². The zero-order valence-electron chi connectivity index (χ0n) is 8.27. The number of hydrogen-bond acceptors (Lipinski definition) is 4. The number of rotatable bonds is 1. The Hall–Kier alpha value is -1.78. The van der Waals surface area contributed by atoms with E-state index in [2.05, 4.69) is 15.3 Å². The highest BCUT2D eigenvalue weighted by atomic mass is 16.1. The SMILES string of the molecule is CC(=O)c1nnc2cc(C)nn2c1C. The molecule has 5 heteroatoms. The van der Waals surface area contributed by atoms with Crippen LogP contribution < -0.4 is 0 Å². The highest BCUT2D eigenvalue weighted by Crippen LogP contribution is 2.08. The molecule has 2 aromatic rings. The van der Waals surface area contributed by atoms with Crippen LogP contribution in [0.2, 0.25) is 0 Å². The molecule has 14 heavy (non-hydrogen) atoms. The maximum absolute atomic E-state index is 11.2. The van der Waals surface area contributed by atoms with Crippen LogP contribution in [-0.4, -0.2) is 25.6 Å². The normalized spacial score (nSPS) is 10.8. The number of fused-ring (bicyclic) bond motifs is 1. The van der Waals surface area contributed by atoms with Gasteiger partial charge >= 0.3 is 0 Å². The summed E-state index contributed by atoms with van der Waals surface area (Å²) < 4.78 is 1.64. The van der Waals surface area contributed by atoms with Crippen molar-refractivity contribution >= 4 is 11.4 Å². The summed E-state index contributed by atoms with van der Waals surface area (Å²) in [4.78, 5) is 11.2. The molecule has 0 aliphatic carbocycles. The summed E-state index contributed by atoms with van der Waals surface area (Å²) >= 11 is 0. The zero-order valence-corrected chi connectivity index (χ0v) is 8.27. The molecule has 0 spiro atoms. The molecule has 0 bridgehead atoms. The zero-order chi connectivity index (χ0) is 10.3. The van der Waals surface area contributed by atoms with Gasteiger partial charge in [0.1, 0.15) is 5.69 Å². The summed E-state index contributed by atoms with van der Waals surface area (Å²) in [6.45, 7) is 5.16. The molecule has 2 aromatic heterocycles. The summed E-state index contributed by atoms with van der Waals surface area (Å²) in [6.07, 6.45) is 0. The lowest BCUT2D eigenvalue weighted by Gasteiger charge is -2.01. The van der Waals surface area contributed by atoms with Crippen molar-refractivity contribution < 1.29 is 4.79 Å². The third kappa shape index (κ3) is 1.17. The van der Waals surface area contributed by atoms with Gasteiger partial charge in [-0.25, -0.2) is 4.52 Å². The second-order valence-electron chi connectivity index (χ2n) is 3.25. The minimum absolute atomic E-state index is 0.0925. The molecule has 0 atom stereocenters. The number of aryl methyl sites for hydroxylation is 2. The predicted molar refractivity (Wildman–Crippen MR) is 50.3 cm³/mol. The summed E-state index contributed by atoms with van der Waals surface area (Å²) in [5, 5.41) is 12.0. The van der Waals surface area contributed by atoms with Crippen LogP contribution in [0.5, 0.6) is 0 Å². The molecular weight excluding hydrogens is 180 g/mol. The fraction of sp³-hybridized carbons (Fsp3) is 0.333. The highest BCUT2D eigenvalue weighted by Gasteiger charge is 2.11. The van der Waals surface area contributed by atoms with Gasteiger partial charge in [-0.3, -0.25) is 4.79 Å². The largest absolute Gasteiger partial charge is 0.293 e. The van der Waals surface area contributed by atoms with Gasteiger partial charge in [-0.15, -0.1) is 10.2 Å². The number of nitrogens with zero attached hydrogens (tertiary/aromatic N) is 4. The highest BCUT2D eigenvalue weighted by molar-refractivity contribution is 5.93. The standard InChI is InChI=1S/C9H10N4O/c1-5-4-8-10-11-9(7(3)14)6(2)13(8)12-5/h4H,1-3H3. The number of ketones is 1. The monoisotopic (exact) mass is 190 g/mol. The van der Waals surface area contributed by atoms with Crippen LogP contribution in [-0.2, 0) is 0 Å². The third-order valence-electron chi connectivity index (χ3n) is 2.06. The van der Waals surface area contributed by atoms with Gasteiger partial charge in [0.2, 0.25) is 0 Å². The first-order chi connectivity index (χ1) is 6.59. The number of aromatic nitrogens is 4. The van der Waals surface area contributed by atoms with Crippen molar-refractivity contribution in [1.82, 2.24) is 19.8 Å². The molecular formula is C9H10N4O. The van der Waals surface area contributed by atoms with Crippen LogP contribution >= 0.6 is 0 Å². The lowest BCUT2D eigenvalue weighted by atomic mass is 10.2. The minimum atomic E-state index is -0.0925. The first-order valence-corrected chi connectivity index (χ1v) is 4.30. The second-order valence-corrected chi connectivity index (χ2v) is 3.25.